The summed E-state index contributed by atoms with van der Waals surface area (Å²) in [5, 5.41) is 4.92. The quantitative estimate of drug-likeness (QED) is 0.719. The Morgan fingerprint density at radius 3 is 2.83 bits per heavy atom. The molecule has 0 aromatic carbocycles. The SMILES string of the molecule is CC(C)n1ncc2c(=O)n3c(nc21)CN(c1cccnc1)CC3. The molecular weight excluding hydrogens is 292 g/mol. The maximum absolute atomic E-state index is 12.7. The zero-order valence-electron chi connectivity index (χ0n) is 13.2. The third-order valence-electron chi connectivity index (χ3n) is 4.22. The second-order valence-corrected chi connectivity index (χ2v) is 6.04. The molecule has 0 aliphatic carbocycles. The van der Waals surface area contributed by atoms with Gasteiger partial charge in [-0.05, 0) is 26.0 Å². The minimum atomic E-state index is 0.00253. The molecule has 0 spiro atoms. The van der Waals surface area contributed by atoms with E-state index in [1.165, 1.54) is 0 Å². The molecule has 1 aliphatic heterocycles. The minimum Gasteiger partial charge on any atom is -0.361 e. The monoisotopic (exact) mass is 310 g/mol. The predicted molar refractivity (Wildman–Crippen MR) is 87.5 cm³/mol. The lowest BCUT2D eigenvalue weighted by molar-refractivity contribution is 0.522. The van der Waals surface area contributed by atoms with Gasteiger partial charge in [-0.15, -0.1) is 0 Å². The summed E-state index contributed by atoms with van der Waals surface area (Å²) in [6, 6.07) is 4.11. The fourth-order valence-electron chi connectivity index (χ4n) is 3.02. The Labute approximate surface area is 133 Å². The zero-order valence-corrected chi connectivity index (χ0v) is 13.2. The van der Waals surface area contributed by atoms with E-state index in [4.69, 9.17) is 4.98 Å². The average Bonchev–Trinajstić information content (AvgIpc) is 3.00. The molecular formula is C16H18N6O. The molecule has 0 atom stereocenters. The highest BCUT2D eigenvalue weighted by atomic mass is 16.1. The number of anilines is 1. The lowest BCUT2D eigenvalue weighted by Gasteiger charge is -2.30. The molecule has 7 heteroatoms. The molecule has 4 heterocycles. The third kappa shape index (κ3) is 2.19. The lowest BCUT2D eigenvalue weighted by Crippen LogP contribution is -2.40. The zero-order chi connectivity index (χ0) is 16.0. The van der Waals surface area contributed by atoms with Crippen molar-refractivity contribution >= 4 is 16.7 Å². The normalized spacial score (nSPS) is 14.5. The summed E-state index contributed by atoms with van der Waals surface area (Å²) < 4.78 is 3.57. The van der Waals surface area contributed by atoms with Gasteiger partial charge in [0.05, 0.1) is 24.6 Å². The average molecular weight is 310 g/mol. The summed E-state index contributed by atoms with van der Waals surface area (Å²) in [6.45, 7) is 6.06. The van der Waals surface area contributed by atoms with E-state index in [9.17, 15) is 4.79 Å². The van der Waals surface area contributed by atoms with Gasteiger partial charge in [0.1, 0.15) is 11.2 Å². The van der Waals surface area contributed by atoms with Gasteiger partial charge in [-0.2, -0.15) is 5.10 Å². The van der Waals surface area contributed by atoms with E-state index in [0.717, 1.165) is 18.1 Å². The molecule has 0 bridgehead atoms. The first kappa shape index (κ1) is 13.9. The van der Waals surface area contributed by atoms with Gasteiger partial charge in [0.25, 0.3) is 5.56 Å². The summed E-state index contributed by atoms with van der Waals surface area (Å²) >= 11 is 0. The van der Waals surface area contributed by atoms with Crippen LogP contribution in [0.15, 0.2) is 35.5 Å². The molecule has 0 saturated carbocycles. The number of hydrogen-bond acceptors (Lipinski definition) is 5. The van der Waals surface area contributed by atoms with E-state index in [1.54, 1.807) is 21.6 Å². The maximum atomic E-state index is 12.7. The van der Waals surface area contributed by atoms with E-state index < -0.39 is 0 Å². The molecule has 23 heavy (non-hydrogen) atoms. The molecule has 3 aromatic heterocycles. The Balaban J connectivity index is 1.82. The van der Waals surface area contributed by atoms with Gasteiger partial charge < -0.3 is 4.90 Å². The van der Waals surface area contributed by atoms with Crippen molar-refractivity contribution in [3.8, 4) is 0 Å². The van der Waals surface area contributed by atoms with Crippen molar-refractivity contribution in [3.05, 3.63) is 46.9 Å². The lowest BCUT2D eigenvalue weighted by atomic mass is 10.2. The van der Waals surface area contributed by atoms with E-state index in [2.05, 4.69) is 15.0 Å². The Kier molecular flexibility index (Phi) is 3.14. The highest BCUT2D eigenvalue weighted by molar-refractivity contribution is 5.73. The van der Waals surface area contributed by atoms with Gasteiger partial charge in [0, 0.05) is 25.3 Å². The standard InChI is InChI=1S/C16H18N6O/c1-11(2)22-15-13(9-18-22)16(23)21-7-6-20(10-14(21)19-15)12-4-3-5-17-8-12/h3-5,8-9,11H,6-7,10H2,1-2H3. The van der Waals surface area contributed by atoms with Crippen LogP contribution in [0, 0.1) is 0 Å². The van der Waals surface area contributed by atoms with Gasteiger partial charge in [-0.25, -0.2) is 9.67 Å². The molecule has 118 valence electrons. The molecule has 0 amide bonds. The van der Waals surface area contributed by atoms with Gasteiger partial charge in [-0.3, -0.25) is 14.3 Å². The molecule has 3 aromatic rings. The van der Waals surface area contributed by atoms with E-state index in [1.807, 2.05) is 32.2 Å². The Morgan fingerprint density at radius 1 is 1.22 bits per heavy atom. The minimum absolute atomic E-state index is 0.00253. The van der Waals surface area contributed by atoms with Crippen molar-refractivity contribution in [1.29, 1.82) is 0 Å². The fourth-order valence-corrected chi connectivity index (χ4v) is 3.02. The number of rotatable bonds is 2. The molecule has 1 aliphatic rings. The van der Waals surface area contributed by atoms with Gasteiger partial charge in [-0.1, -0.05) is 0 Å². The van der Waals surface area contributed by atoms with Crippen LogP contribution in [-0.4, -0.2) is 30.9 Å². The molecule has 7 nitrogen and oxygen atoms in total. The second-order valence-electron chi connectivity index (χ2n) is 6.04. The summed E-state index contributed by atoms with van der Waals surface area (Å²) in [5.74, 6) is 0.778. The van der Waals surface area contributed by atoms with Crippen molar-refractivity contribution in [2.24, 2.45) is 0 Å². The molecule has 0 fully saturated rings. The smallest absolute Gasteiger partial charge is 0.264 e. The van der Waals surface area contributed by atoms with E-state index in [-0.39, 0.29) is 11.6 Å². The molecule has 0 N–H and O–H groups in total. The van der Waals surface area contributed by atoms with Crippen LogP contribution in [0.4, 0.5) is 5.69 Å². The number of pyridine rings is 1. The summed E-state index contributed by atoms with van der Waals surface area (Å²) in [7, 11) is 0. The maximum Gasteiger partial charge on any atom is 0.264 e. The van der Waals surface area contributed by atoms with Gasteiger partial charge in [0.2, 0.25) is 0 Å². The summed E-state index contributed by atoms with van der Waals surface area (Å²) in [5.41, 5.74) is 1.72. The topological polar surface area (TPSA) is 68.8 Å². The molecule has 0 unspecified atom stereocenters. The Hall–Kier alpha value is -2.70. The van der Waals surface area contributed by atoms with Crippen LogP contribution in [0.3, 0.4) is 0 Å². The number of nitrogens with zero attached hydrogens (tertiary/aromatic N) is 6. The van der Waals surface area contributed by atoms with Crippen molar-refractivity contribution in [2.45, 2.75) is 33.0 Å². The third-order valence-corrected chi connectivity index (χ3v) is 4.22. The first-order valence-corrected chi connectivity index (χ1v) is 7.77. The largest absolute Gasteiger partial charge is 0.361 e. The van der Waals surface area contributed by atoms with Crippen molar-refractivity contribution < 1.29 is 0 Å². The molecule has 0 radical (unpaired) electrons. The van der Waals surface area contributed by atoms with Crippen LogP contribution in [-0.2, 0) is 13.1 Å². The number of hydrogen-bond donors (Lipinski definition) is 0. The fraction of sp³-hybridized carbons (Fsp3) is 0.375. The number of aromatic nitrogens is 5. The molecule has 0 saturated heterocycles. The van der Waals surface area contributed by atoms with Crippen LogP contribution in [0.2, 0.25) is 0 Å². The van der Waals surface area contributed by atoms with E-state index in [0.29, 0.717) is 24.1 Å². The highest BCUT2D eigenvalue weighted by Gasteiger charge is 2.22. The van der Waals surface area contributed by atoms with Crippen molar-refractivity contribution in [2.75, 3.05) is 11.4 Å². The van der Waals surface area contributed by atoms with Crippen LogP contribution < -0.4 is 10.5 Å². The van der Waals surface area contributed by atoms with Crippen LogP contribution in [0.5, 0.6) is 0 Å². The summed E-state index contributed by atoms with van der Waals surface area (Å²) in [4.78, 5) is 23.8. The summed E-state index contributed by atoms with van der Waals surface area (Å²) in [6.07, 6.45) is 5.23. The highest BCUT2D eigenvalue weighted by Crippen LogP contribution is 2.20. The predicted octanol–water partition coefficient (Wildman–Crippen LogP) is 1.59. The Morgan fingerprint density at radius 2 is 2.09 bits per heavy atom. The van der Waals surface area contributed by atoms with Gasteiger partial charge in [0.15, 0.2) is 5.65 Å². The first-order chi connectivity index (χ1) is 11.1. The first-order valence-electron chi connectivity index (χ1n) is 7.77. The van der Waals surface area contributed by atoms with Crippen LogP contribution in [0.25, 0.3) is 11.0 Å². The number of fused-ring (bicyclic) bond motifs is 2. The van der Waals surface area contributed by atoms with E-state index >= 15 is 0 Å². The van der Waals surface area contributed by atoms with Crippen molar-refractivity contribution in [3.63, 3.8) is 0 Å². The van der Waals surface area contributed by atoms with Crippen molar-refractivity contribution in [1.82, 2.24) is 24.3 Å². The Bertz CT molecular complexity index is 911. The van der Waals surface area contributed by atoms with Gasteiger partial charge >= 0.3 is 0 Å². The molecule has 4 rings (SSSR count). The second kappa shape index (κ2) is 5.19. The van der Waals surface area contributed by atoms with Crippen LogP contribution >= 0.6 is 0 Å². The van der Waals surface area contributed by atoms with Crippen LogP contribution in [0.1, 0.15) is 25.7 Å².